The minimum Gasteiger partial charge on any atom is -0.475 e. The Morgan fingerprint density at radius 1 is 1.40 bits per heavy atom. The molecule has 0 unspecified atom stereocenters. The van der Waals surface area contributed by atoms with E-state index < -0.39 is 5.97 Å². The van der Waals surface area contributed by atoms with Crippen LogP contribution in [0.3, 0.4) is 0 Å². The molecule has 0 spiro atoms. The van der Waals surface area contributed by atoms with Gasteiger partial charge in [-0.15, -0.1) is 0 Å². The Morgan fingerprint density at radius 3 is 2.55 bits per heavy atom. The Hall–Kier alpha value is -2.74. The van der Waals surface area contributed by atoms with E-state index in [9.17, 15) is 4.79 Å². The molecule has 0 saturated heterocycles. The number of hydrogen-bond acceptors (Lipinski definition) is 4. The number of nitrogens with zero attached hydrogens (tertiary/aromatic N) is 2. The topological polar surface area (TPSA) is 77.5 Å². The van der Waals surface area contributed by atoms with E-state index in [0.717, 1.165) is 11.3 Å². The fourth-order valence-corrected chi connectivity index (χ4v) is 1.92. The monoisotopic (exact) mass is 270 g/mol. The van der Waals surface area contributed by atoms with Crippen molar-refractivity contribution >= 4 is 11.7 Å². The van der Waals surface area contributed by atoms with Gasteiger partial charge in [0.05, 0.1) is 11.6 Å². The van der Waals surface area contributed by atoms with Crippen LogP contribution in [0.1, 0.15) is 27.4 Å². The molecule has 20 heavy (non-hydrogen) atoms. The molecule has 0 radical (unpaired) electrons. The standard InChI is InChI=1S/C15H14N2O3/c1-10-12(7-14(20-10)15(18)19)9-17(2)13-5-3-11(8-16)4-6-13/h3-7H,9H2,1-2H3,(H,18,19). The van der Waals surface area contributed by atoms with Gasteiger partial charge in [0.2, 0.25) is 5.76 Å². The molecule has 5 nitrogen and oxygen atoms in total. The second-order valence-electron chi connectivity index (χ2n) is 4.51. The Morgan fingerprint density at radius 2 is 2.05 bits per heavy atom. The lowest BCUT2D eigenvalue weighted by atomic mass is 10.2. The number of nitriles is 1. The van der Waals surface area contributed by atoms with Crippen LogP contribution in [-0.2, 0) is 6.54 Å². The largest absolute Gasteiger partial charge is 0.475 e. The van der Waals surface area contributed by atoms with Crippen molar-refractivity contribution in [2.75, 3.05) is 11.9 Å². The molecule has 2 rings (SSSR count). The number of carboxylic acid groups (broad SMARTS) is 1. The van der Waals surface area contributed by atoms with Crippen LogP contribution in [0.5, 0.6) is 0 Å². The number of aryl methyl sites for hydroxylation is 1. The van der Waals surface area contributed by atoms with Gasteiger partial charge >= 0.3 is 5.97 Å². The van der Waals surface area contributed by atoms with E-state index in [4.69, 9.17) is 14.8 Å². The van der Waals surface area contributed by atoms with Crippen LogP contribution in [-0.4, -0.2) is 18.1 Å². The quantitative estimate of drug-likeness (QED) is 0.924. The normalized spacial score (nSPS) is 10.1. The van der Waals surface area contributed by atoms with Crippen molar-refractivity contribution in [1.29, 1.82) is 5.26 Å². The second-order valence-corrected chi connectivity index (χ2v) is 4.51. The first-order chi connectivity index (χ1) is 9.51. The predicted molar refractivity (Wildman–Crippen MR) is 73.7 cm³/mol. The van der Waals surface area contributed by atoms with Crippen LogP contribution < -0.4 is 4.90 Å². The van der Waals surface area contributed by atoms with Gasteiger partial charge in [-0.1, -0.05) is 0 Å². The summed E-state index contributed by atoms with van der Waals surface area (Å²) in [6.07, 6.45) is 0. The number of furan rings is 1. The number of rotatable bonds is 4. The van der Waals surface area contributed by atoms with E-state index >= 15 is 0 Å². The highest BCUT2D eigenvalue weighted by Crippen LogP contribution is 2.20. The van der Waals surface area contributed by atoms with E-state index in [1.807, 2.05) is 24.1 Å². The molecule has 0 atom stereocenters. The molecule has 0 saturated carbocycles. The van der Waals surface area contributed by atoms with Crippen molar-refractivity contribution in [3.05, 3.63) is 53.0 Å². The van der Waals surface area contributed by atoms with Crippen molar-refractivity contribution < 1.29 is 14.3 Å². The fraction of sp³-hybridized carbons (Fsp3) is 0.200. The van der Waals surface area contributed by atoms with Crippen molar-refractivity contribution in [3.8, 4) is 6.07 Å². The van der Waals surface area contributed by atoms with Crippen LogP contribution in [0.25, 0.3) is 0 Å². The van der Waals surface area contributed by atoms with Gasteiger partial charge in [-0.05, 0) is 37.3 Å². The second kappa shape index (κ2) is 5.49. The molecule has 5 heteroatoms. The Balaban J connectivity index is 2.16. The highest BCUT2D eigenvalue weighted by molar-refractivity contribution is 5.84. The maximum Gasteiger partial charge on any atom is 0.371 e. The third kappa shape index (κ3) is 2.81. The molecule has 1 heterocycles. The summed E-state index contributed by atoms with van der Waals surface area (Å²) >= 11 is 0. The molecule has 2 aromatic rings. The average Bonchev–Trinajstić information content (AvgIpc) is 2.80. The molecule has 1 aromatic heterocycles. The summed E-state index contributed by atoms with van der Waals surface area (Å²) < 4.78 is 5.18. The van der Waals surface area contributed by atoms with E-state index in [2.05, 4.69) is 6.07 Å². The summed E-state index contributed by atoms with van der Waals surface area (Å²) in [4.78, 5) is 12.8. The average molecular weight is 270 g/mol. The van der Waals surface area contributed by atoms with Crippen molar-refractivity contribution in [1.82, 2.24) is 0 Å². The molecule has 102 valence electrons. The van der Waals surface area contributed by atoms with Crippen molar-refractivity contribution in [2.45, 2.75) is 13.5 Å². The zero-order valence-electron chi connectivity index (χ0n) is 11.3. The van der Waals surface area contributed by atoms with E-state index in [1.54, 1.807) is 19.1 Å². The summed E-state index contributed by atoms with van der Waals surface area (Å²) in [5, 5.41) is 17.7. The molecule has 0 bridgehead atoms. The highest BCUT2D eigenvalue weighted by atomic mass is 16.4. The predicted octanol–water partition coefficient (Wildman–Crippen LogP) is 2.79. The molecular formula is C15H14N2O3. The van der Waals surface area contributed by atoms with E-state index in [1.165, 1.54) is 6.07 Å². The lowest BCUT2D eigenvalue weighted by Crippen LogP contribution is -2.16. The van der Waals surface area contributed by atoms with Gasteiger partial charge < -0.3 is 14.4 Å². The van der Waals surface area contributed by atoms with Crippen LogP contribution in [0.4, 0.5) is 5.69 Å². The lowest BCUT2D eigenvalue weighted by molar-refractivity contribution is 0.0661. The maximum atomic E-state index is 10.9. The number of benzene rings is 1. The van der Waals surface area contributed by atoms with Crippen LogP contribution in [0.15, 0.2) is 34.7 Å². The van der Waals surface area contributed by atoms with E-state index in [-0.39, 0.29) is 5.76 Å². The van der Waals surface area contributed by atoms with Gasteiger partial charge in [0.25, 0.3) is 0 Å². The molecule has 1 aromatic carbocycles. The third-order valence-electron chi connectivity index (χ3n) is 3.08. The SMILES string of the molecule is Cc1oc(C(=O)O)cc1CN(C)c1ccc(C#N)cc1. The minimum atomic E-state index is -1.07. The summed E-state index contributed by atoms with van der Waals surface area (Å²) in [5.74, 6) is -0.519. The smallest absolute Gasteiger partial charge is 0.371 e. The molecule has 0 aliphatic heterocycles. The first-order valence-corrected chi connectivity index (χ1v) is 6.05. The number of aromatic carboxylic acids is 1. The molecule has 0 aliphatic rings. The first-order valence-electron chi connectivity index (χ1n) is 6.05. The summed E-state index contributed by atoms with van der Waals surface area (Å²) in [6, 6.07) is 10.8. The first kappa shape index (κ1) is 13.7. The zero-order valence-corrected chi connectivity index (χ0v) is 11.3. The highest BCUT2D eigenvalue weighted by Gasteiger charge is 2.14. The molecule has 0 fully saturated rings. The van der Waals surface area contributed by atoms with Gasteiger partial charge in [0.15, 0.2) is 0 Å². The molecule has 0 amide bonds. The van der Waals surface area contributed by atoms with E-state index in [0.29, 0.717) is 17.9 Å². The molecular weight excluding hydrogens is 256 g/mol. The summed E-state index contributed by atoms with van der Waals surface area (Å²) in [7, 11) is 1.90. The lowest BCUT2D eigenvalue weighted by Gasteiger charge is -2.18. The van der Waals surface area contributed by atoms with Gasteiger partial charge in [-0.3, -0.25) is 0 Å². The zero-order chi connectivity index (χ0) is 14.7. The maximum absolute atomic E-state index is 10.9. The number of anilines is 1. The molecule has 0 aliphatic carbocycles. The van der Waals surface area contributed by atoms with Gasteiger partial charge in [-0.2, -0.15) is 5.26 Å². The van der Waals surface area contributed by atoms with Crippen LogP contribution >= 0.6 is 0 Å². The fourth-order valence-electron chi connectivity index (χ4n) is 1.92. The Kier molecular flexibility index (Phi) is 3.76. The Bertz CT molecular complexity index is 665. The van der Waals surface area contributed by atoms with Gasteiger partial charge in [0, 0.05) is 24.8 Å². The van der Waals surface area contributed by atoms with Crippen LogP contribution in [0, 0.1) is 18.3 Å². The van der Waals surface area contributed by atoms with Crippen molar-refractivity contribution in [2.24, 2.45) is 0 Å². The van der Waals surface area contributed by atoms with Gasteiger partial charge in [-0.25, -0.2) is 4.79 Å². The van der Waals surface area contributed by atoms with Crippen LogP contribution in [0.2, 0.25) is 0 Å². The summed E-state index contributed by atoms with van der Waals surface area (Å²) in [6.45, 7) is 2.28. The summed E-state index contributed by atoms with van der Waals surface area (Å²) in [5.41, 5.74) is 2.38. The number of hydrogen-bond donors (Lipinski definition) is 1. The Labute approximate surface area is 116 Å². The van der Waals surface area contributed by atoms with Crippen molar-refractivity contribution in [3.63, 3.8) is 0 Å². The molecule has 1 N–H and O–H groups in total. The third-order valence-corrected chi connectivity index (χ3v) is 3.08. The number of carbonyl (C=O) groups is 1. The number of carboxylic acids is 1. The minimum absolute atomic E-state index is 0.0503. The van der Waals surface area contributed by atoms with Gasteiger partial charge in [0.1, 0.15) is 5.76 Å².